The number of carbonyl (C=O) groups is 1. The van der Waals surface area contributed by atoms with Crippen LogP contribution >= 0.6 is 0 Å². The Labute approximate surface area is 136 Å². The maximum absolute atomic E-state index is 10.3. The highest BCUT2D eigenvalue weighted by Crippen LogP contribution is 2.33. The molecular formula is C21H15NO. The van der Waals surface area contributed by atoms with E-state index in [4.69, 9.17) is 0 Å². The second kappa shape index (κ2) is 7.11. The van der Waals surface area contributed by atoms with Crippen molar-refractivity contribution in [1.29, 1.82) is 0 Å². The Bertz CT molecular complexity index is 788. The number of anilines is 3. The minimum Gasteiger partial charge on any atom is -0.311 e. The van der Waals surface area contributed by atoms with Gasteiger partial charge in [-0.2, -0.15) is 0 Å². The van der Waals surface area contributed by atoms with E-state index in [0.717, 1.165) is 22.6 Å². The van der Waals surface area contributed by atoms with Crippen LogP contribution in [0.15, 0.2) is 84.9 Å². The Hall–Kier alpha value is -3.31. The molecule has 0 aliphatic carbocycles. The van der Waals surface area contributed by atoms with Gasteiger partial charge in [-0.25, -0.2) is 0 Å². The Morgan fingerprint density at radius 1 is 0.652 bits per heavy atom. The molecule has 0 N–H and O–H groups in total. The van der Waals surface area contributed by atoms with E-state index in [9.17, 15) is 4.79 Å². The molecule has 0 saturated carbocycles. The fraction of sp³-hybridized carbons (Fsp3) is 0. The first-order valence-corrected chi connectivity index (χ1v) is 7.34. The van der Waals surface area contributed by atoms with Gasteiger partial charge >= 0.3 is 0 Å². The molecule has 0 atom stereocenters. The van der Waals surface area contributed by atoms with Crippen molar-refractivity contribution in [1.82, 2.24) is 0 Å². The Morgan fingerprint density at radius 3 is 1.61 bits per heavy atom. The summed E-state index contributed by atoms with van der Waals surface area (Å²) >= 11 is 0. The topological polar surface area (TPSA) is 20.3 Å². The summed E-state index contributed by atoms with van der Waals surface area (Å²) in [5, 5.41) is 0. The summed E-state index contributed by atoms with van der Waals surface area (Å²) in [4.78, 5) is 12.5. The van der Waals surface area contributed by atoms with E-state index in [1.165, 1.54) is 0 Å². The third kappa shape index (κ3) is 3.48. The molecule has 0 aliphatic heterocycles. The normalized spacial score (nSPS) is 9.57. The lowest BCUT2D eigenvalue weighted by Gasteiger charge is -2.25. The van der Waals surface area contributed by atoms with Gasteiger partial charge in [0.1, 0.15) is 0 Å². The molecule has 0 saturated heterocycles. The molecule has 0 bridgehead atoms. The van der Waals surface area contributed by atoms with Crippen molar-refractivity contribution in [3.63, 3.8) is 0 Å². The lowest BCUT2D eigenvalue weighted by atomic mass is 10.1. The molecule has 0 heterocycles. The number of nitrogens with zero attached hydrogens (tertiary/aromatic N) is 1. The number of para-hydroxylation sites is 2. The monoisotopic (exact) mass is 297 g/mol. The van der Waals surface area contributed by atoms with Gasteiger partial charge in [-0.05, 0) is 54.5 Å². The van der Waals surface area contributed by atoms with E-state index in [-0.39, 0.29) is 0 Å². The largest absolute Gasteiger partial charge is 0.311 e. The molecule has 0 aliphatic rings. The maximum atomic E-state index is 10.3. The highest BCUT2D eigenvalue weighted by atomic mass is 16.1. The van der Waals surface area contributed by atoms with Gasteiger partial charge in [0.05, 0.1) is 0 Å². The Balaban J connectivity index is 2.04. The van der Waals surface area contributed by atoms with Crippen molar-refractivity contribution in [2.24, 2.45) is 0 Å². The summed E-state index contributed by atoms with van der Waals surface area (Å²) in [5.41, 5.74) is 4.04. The van der Waals surface area contributed by atoms with Gasteiger partial charge in [-0.15, -0.1) is 0 Å². The van der Waals surface area contributed by atoms with Gasteiger partial charge in [0, 0.05) is 22.6 Å². The van der Waals surface area contributed by atoms with Crippen LogP contribution in [0.1, 0.15) is 5.56 Å². The van der Waals surface area contributed by atoms with Gasteiger partial charge in [0.15, 0.2) is 6.29 Å². The lowest BCUT2D eigenvalue weighted by Crippen LogP contribution is -2.09. The van der Waals surface area contributed by atoms with Crippen LogP contribution in [-0.2, 0) is 4.79 Å². The quantitative estimate of drug-likeness (QED) is 0.515. The molecule has 0 amide bonds. The van der Waals surface area contributed by atoms with Crippen LogP contribution in [0.4, 0.5) is 17.1 Å². The Kier molecular flexibility index (Phi) is 4.52. The van der Waals surface area contributed by atoms with E-state index in [1.807, 2.05) is 60.7 Å². The summed E-state index contributed by atoms with van der Waals surface area (Å²) < 4.78 is 0. The molecule has 0 aromatic heterocycles. The molecule has 110 valence electrons. The highest BCUT2D eigenvalue weighted by Gasteiger charge is 2.11. The SMILES string of the molecule is O=CC#Cc1ccc(N(c2ccccc2)c2ccccc2)cc1. The molecule has 0 fully saturated rings. The molecule has 2 nitrogen and oxygen atoms in total. The van der Waals surface area contributed by atoms with Crippen LogP contribution in [0.3, 0.4) is 0 Å². The third-order valence-electron chi connectivity index (χ3n) is 3.43. The van der Waals surface area contributed by atoms with Crippen molar-refractivity contribution >= 4 is 23.3 Å². The van der Waals surface area contributed by atoms with Crippen molar-refractivity contribution in [2.45, 2.75) is 0 Å². The zero-order valence-electron chi connectivity index (χ0n) is 12.5. The summed E-state index contributed by atoms with van der Waals surface area (Å²) in [6.07, 6.45) is 0.605. The minimum absolute atomic E-state index is 0.605. The lowest BCUT2D eigenvalue weighted by molar-refractivity contribution is -0.103. The van der Waals surface area contributed by atoms with Gasteiger partial charge in [-0.1, -0.05) is 42.3 Å². The summed E-state index contributed by atoms with van der Waals surface area (Å²) in [6, 6.07) is 28.3. The summed E-state index contributed by atoms with van der Waals surface area (Å²) in [6.45, 7) is 0. The van der Waals surface area contributed by atoms with Crippen LogP contribution in [-0.4, -0.2) is 6.29 Å². The van der Waals surface area contributed by atoms with Crippen LogP contribution < -0.4 is 4.90 Å². The summed E-state index contributed by atoms with van der Waals surface area (Å²) in [5.74, 6) is 5.24. The summed E-state index contributed by atoms with van der Waals surface area (Å²) in [7, 11) is 0. The number of aldehydes is 1. The van der Waals surface area contributed by atoms with Crippen LogP contribution in [0.25, 0.3) is 0 Å². The number of carbonyl (C=O) groups excluding carboxylic acids is 1. The van der Waals surface area contributed by atoms with Crippen molar-refractivity contribution in [2.75, 3.05) is 4.90 Å². The molecule has 3 aromatic rings. The second-order valence-corrected chi connectivity index (χ2v) is 4.94. The standard InChI is InChI=1S/C21H15NO/c23-17-7-8-18-13-15-21(16-14-18)22(19-9-3-1-4-10-19)20-11-5-2-6-12-20/h1-6,9-17H. The predicted molar refractivity (Wildman–Crippen MR) is 94.1 cm³/mol. The smallest absolute Gasteiger partial charge is 0.193 e. The number of hydrogen-bond acceptors (Lipinski definition) is 2. The molecule has 0 unspecified atom stereocenters. The average molecular weight is 297 g/mol. The van der Waals surface area contributed by atoms with Crippen LogP contribution in [0.2, 0.25) is 0 Å². The van der Waals surface area contributed by atoms with Crippen LogP contribution in [0.5, 0.6) is 0 Å². The van der Waals surface area contributed by atoms with E-state index in [1.54, 1.807) is 0 Å². The number of benzene rings is 3. The molecule has 3 aromatic carbocycles. The average Bonchev–Trinajstić information content (AvgIpc) is 2.63. The van der Waals surface area contributed by atoms with Crippen molar-refractivity contribution in [3.05, 3.63) is 90.5 Å². The van der Waals surface area contributed by atoms with E-state index < -0.39 is 0 Å². The molecule has 0 spiro atoms. The fourth-order valence-electron chi connectivity index (χ4n) is 2.41. The van der Waals surface area contributed by atoms with Crippen molar-refractivity contribution in [3.8, 4) is 11.8 Å². The Morgan fingerprint density at radius 2 is 1.13 bits per heavy atom. The molecular weight excluding hydrogens is 282 g/mol. The minimum atomic E-state index is 0.605. The van der Waals surface area contributed by atoms with E-state index >= 15 is 0 Å². The highest BCUT2D eigenvalue weighted by molar-refractivity contribution is 5.77. The third-order valence-corrected chi connectivity index (χ3v) is 3.43. The first kappa shape index (κ1) is 14.6. The molecule has 3 rings (SSSR count). The maximum Gasteiger partial charge on any atom is 0.193 e. The number of rotatable bonds is 3. The number of hydrogen-bond donors (Lipinski definition) is 0. The zero-order valence-corrected chi connectivity index (χ0v) is 12.5. The van der Waals surface area contributed by atoms with E-state index in [2.05, 4.69) is 41.0 Å². The zero-order chi connectivity index (χ0) is 15.9. The predicted octanol–water partition coefficient (Wildman–Crippen LogP) is 4.71. The first-order chi connectivity index (χ1) is 11.4. The van der Waals surface area contributed by atoms with Gasteiger partial charge in [0.25, 0.3) is 0 Å². The van der Waals surface area contributed by atoms with Gasteiger partial charge < -0.3 is 4.90 Å². The molecule has 23 heavy (non-hydrogen) atoms. The second-order valence-electron chi connectivity index (χ2n) is 4.94. The fourth-order valence-corrected chi connectivity index (χ4v) is 2.41. The van der Waals surface area contributed by atoms with E-state index in [0.29, 0.717) is 6.29 Å². The van der Waals surface area contributed by atoms with Gasteiger partial charge in [-0.3, -0.25) is 4.79 Å². The first-order valence-electron chi connectivity index (χ1n) is 7.34. The molecule has 0 radical (unpaired) electrons. The van der Waals surface area contributed by atoms with Crippen molar-refractivity contribution < 1.29 is 4.79 Å². The molecule has 2 heteroatoms. The van der Waals surface area contributed by atoms with Crippen LogP contribution in [0, 0.1) is 11.8 Å². The van der Waals surface area contributed by atoms with Gasteiger partial charge in [0.2, 0.25) is 0 Å².